The first-order valence-electron chi connectivity index (χ1n) is 4.14. The minimum absolute atomic E-state index is 0.465. The zero-order valence-electron chi connectivity index (χ0n) is 7.46. The summed E-state index contributed by atoms with van der Waals surface area (Å²) in [5.41, 5.74) is -1.04. The van der Waals surface area contributed by atoms with Crippen molar-refractivity contribution in [2.45, 2.75) is 31.9 Å². The van der Waals surface area contributed by atoms with Gasteiger partial charge in [-0.05, 0) is 25.2 Å². The van der Waals surface area contributed by atoms with E-state index in [4.69, 9.17) is 0 Å². The van der Waals surface area contributed by atoms with Gasteiger partial charge in [0.25, 0.3) is 0 Å². The van der Waals surface area contributed by atoms with Crippen molar-refractivity contribution in [3.63, 3.8) is 0 Å². The molecule has 2 N–H and O–H groups in total. The van der Waals surface area contributed by atoms with Crippen LogP contribution in [0.2, 0.25) is 0 Å². The van der Waals surface area contributed by atoms with Gasteiger partial charge in [-0.1, -0.05) is 6.92 Å². The average Bonchev–Trinajstić information content (AvgIpc) is 2.30. The Bertz CT molecular complexity index is 183. The number of hydrogen-bond acceptors (Lipinski definition) is 3. The standard InChI is InChI=1S/C8H15NO3/c1-6-3-4-8(11,5-6)9-7(10)12-2/h6,11H,3-5H2,1-2H3,(H,9,10). The van der Waals surface area contributed by atoms with Crippen LogP contribution in [0.15, 0.2) is 0 Å². The molecule has 1 fully saturated rings. The zero-order chi connectivity index (χ0) is 9.19. The molecule has 0 radical (unpaired) electrons. The summed E-state index contributed by atoms with van der Waals surface area (Å²) in [7, 11) is 1.29. The smallest absolute Gasteiger partial charge is 0.409 e. The molecule has 2 unspecified atom stereocenters. The SMILES string of the molecule is COC(=O)NC1(O)CCC(C)C1. The molecule has 1 saturated carbocycles. The Morgan fingerprint density at radius 2 is 2.42 bits per heavy atom. The van der Waals surface area contributed by atoms with Crippen LogP contribution in [-0.4, -0.2) is 24.0 Å². The van der Waals surface area contributed by atoms with Gasteiger partial charge in [0.2, 0.25) is 0 Å². The van der Waals surface area contributed by atoms with E-state index in [2.05, 4.69) is 17.0 Å². The van der Waals surface area contributed by atoms with Crippen molar-refractivity contribution in [1.29, 1.82) is 0 Å². The molecule has 0 saturated heterocycles. The predicted octanol–water partition coefficient (Wildman–Crippen LogP) is 0.851. The van der Waals surface area contributed by atoms with E-state index >= 15 is 0 Å². The fourth-order valence-corrected chi connectivity index (χ4v) is 1.62. The maximum Gasteiger partial charge on any atom is 0.409 e. The molecule has 70 valence electrons. The normalized spacial score (nSPS) is 34.8. The topological polar surface area (TPSA) is 58.6 Å². The van der Waals surface area contributed by atoms with Crippen LogP contribution >= 0.6 is 0 Å². The molecule has 0 bridgehead atoms. The molecule has 0 aromatic carbocycles. The third-order valence-corrected chi connectivity index (χ3v) is 2.26. The minimum Gasteiger partial charge on any atom is -0.453 e. The second-order valence-electron chi connectivity index (χ2n) is 3.50. The lowest BCUT2D eigenvalue weighted by Gasteiger charge is -2.22. The van der Waals surface area contributed by atoms with Crippen molar-refractivity contribution in [3.8, 4) is 0 Å². The Morgan fingerprint density at radius 3 is 2.83 bits per heavy atom. The van der Waals surface area contributed by atoms with Crippen molar-refractivity contribution in [2.24, 2.45) is 5.92 Å². The second-order valence-corrected chi connectivity index (χ2v) is 3.50. The fraction of sp³-hybridized carbons (Fsp3) is 0.875. The highest BCUT2D eigenvalue weighted by Crippen LogP contribution is 2.31. The number of hydrogen-bond donors (Lipinski definition) is 2. The molecule has 0 heterocycles. The molecule has 0 aromatic rings. The Morgan fingerprint density at radius 1 is 1.75 bits per heavy atom. The third kappa shape index (κ3) is 2.11. The fourth-order valence-electron chi connectivity index (χ4n) is 1.62. The van der Waals surface area contributed by atoms with Gasteiger partial charge in [-0.25, -0.2) is 4.79 Å². The third-order valence-electron chi connectivity index (χ3n) is 2.26. The van der Waals surface area contributed by atoms with Crippen molar-refractivity contribution >= 4 is 6.09 Å². The summed E-state index contributed by atoms with van der Waals surface area (Å²) in [6, 6.07) is 0. The largest absolute Gasteiger partial charge is 0.453 e. The molecule has 0 aromatic heterocycles. The number of carbonyl (C=O) groups is 1. The number of carbonyl (C=O) groups excluding carboxylic acids is 1. The molecule has 2 atom stereocenters. The molecule has 1 amide bonds. The lowest BCUT2D eigenvalue weighted by atomic mass is 10.1. The number of rotatable bonds is 1. The van der Waals surface area contributed by atoms with Gasteiger partial charge >= 0.3 is 6.09 Å². The maximum atomic E-state index is 10.8. The van der Waals surface area contributed by atoms with E-state index in [0.29, 0.717) is 18.8 Å². The van der Waals surface area contributed by atoms with Crippen LogP contribution in [0, 0.1) is 5.92 Å². The van der Waals surface area contributed by atoms with Crippen LogP contribution in [0.3, 0.4) is 0 Å². The van der Waals surface area contributed by atoms with E-state index in [1.165, 1.54) is 7.11 Å². The summed E-state index contributed by atoms with van der Waals surface area (Å²) < 4.78 is 4.40. The van der Waals surface area contributed by atoms with Crippen LogP contribution in [0.1, 0.15) is 26.2 Å². The molecule has 4 nitrogen and oxygen atoms in total. The number of amides is 1. The summed E-state index contributed by atoms with van der Waals surface area (Å²) in [4.78, 5) is 10.8. The second kappa shape index (κ2) is 3.31. The first-order valence-corrected chi connectivity index (χ1v) is 4.14. The Hall–Kier alpha value is -0.770. The van der Waals surface area contributed by atoms with Crippen LogP contribution in [-0.2, 0) is 4.74 Å². The first kappa shape index (κ1) is 9.32. The molecule has 0 spiro atoms. The Balaban J connectivity index is 2.45. The Labute approximate surface area is 71.9 Å². The van der Waals surface area contributed by atoms with E-state index < -0.39 is 11.8 Å². The number of aliphatic hydroxyl groups is 1. The van der Waals surface area contributed by atoms with Crippen LogP contribution in [0.25, 0.3) is 0 Å². The lowest BCUT2D eigenvalue weighted by Crippen LogP contribution is -2.46. The number of ether oxygens (including phenoxy) is 1. The molecule has 12 heavy (non-hydrogen) atoms. The van der Waals surface area contributed by atoms with Gasteiger partial charge in [0.1, 0.15) is 5.72 Å². The molecule has 0 aliphatic heterocycles. The summed E-state index contributed by atoms with van der Waals surface area (Å²) in [6.07, 6.45) is 1.61. The van der Waals surface area contributed by atoms with Gasteiger partial charge in [-0.3, -0.25) is 5.32 Å². The molecule has 1 aliphatic rings. The van der Waals surface area contributed by atoms with Crippen LogP contribution in [0.4, 0.5) is 4.79 Å². The van der Waals surface area contributed by atoms with E-state index in [1.54, 1.807) is 0 Å². The van der Waals surface area contributed by atoms with Gasteiger partial charge in [0.05, 0.1) is 7.11 Å². The predicted molar refractivity (Wildman–Crippen MR) is 43.5 cm³/mol. The zero-order valence-corrected chi connectivity index (χ0v) is 7.46. The molecular weight excluding hydrogens is 158 g/mol. The van der Waals surface area contributed by atoms with Crippen LogP contribution in [0.5, 0.6) is 0 Å². The van der Waals surface area contributed by atoms with Gasteiger partial charge in [0.15, 0.2) is 0 Å². The van der Waals surface area contributed by atoms with E-state index in [1.807, 2.05) is 0 Å². The van der Waals surface area contributed by atoms with Gasteiger partial charge in [-0.2, -0.15) is 0 Å². The minimum atomic E-state index is -1.04. The van der Waals surface area contributed by atoms with E-state index in [-0.39, 0.29) is 0 Å². The molecule has 4 heteroatoms. The summed E-state index contributed by atoms with van der Waals surface area (Å²) >= 11 is 0. The number of nitrogens with one attached hydrogen (secondary N) is 1. The van der Waals surface area contributed by atoms with Crippen molar-refractivity contribution in [1.82, 2.24) is 5.32 Å². The molecule has 1 aliphatic carbocycles. The van der Waals surface area contributed by atoms with Crippen molar-refractivity contribution < 1.29 is 14.6 Å². The highest BCUT2D eigenvalue weighted by Gasteiger charge is 2.36. The van der Waals surface area contributed by atoms with Gasteiger partial charge < -0.3 is 9.84 Å². The number of alkyl carbamates (subject to hydrolysis) is 1. The van der Waals surface area contributed by atoms with Crippen molar-refractivity contribution in [2.75, 3.05) is 7.11 Å². The Kier molecular flexibility index (Phi) is 2.57. The molecule has 1 rings (SSSR count). The van der Waals surface area contributed by atoms with Gasteiger partial charge in [0, 0.05) is 0 Å². The monoisotopic (exact) mass is 173 g/mol. The molecular formula is C8H15NO3. The first-order chi connectivity index (χ1) is 5.56. The van der Waals surface area contributed by atoms with E-state index in [0.717, 1.165) is 6.42 Å². The summed E-state index contributed by atoms with van der Waals surface area (Å²) in [5, 5.41) is 12.2. The summed E-state index contributed by atoms with van der Waals surface area (Å²) in [6.45, 7) is 2.05. The quantitative estimate of drug-likeness (QED) is 0.578. The maximum absolute atomic E-state index is 10.8. The average molecular weight is 173 g/mol. The van der Waals surface area contributed by atoms with Gasteiger partial charge in [-0.15, -0.1) is 0 Å². The van der Waals surface area contributed by atoms with Crippen LogP contribution < -0.4 is 5.32 Å². The highest BCUT2D eigenvalue weighted by molar-refractivity contribution is 5.67. The van der Waals surface area contributed by atoms with Crippen molar-refractivity contribution in [3.05, 3.63) is 0 Å². The van der Waals surface area contributed by atoms with E-state index in [9.17, 15) is 9.90 Å². The lowest BCUT2D eigenvalue weighted by molar-refractivity contribution is 0.0102. The highest BCUT2D eigenvalue weighted by atomic mass is 16.5. The number of methoxy groups -OCH3 is 1. The summed E-state index contributed by atoms with van der Waals surface area (Å²) in [5.74, 6) is 0.465.